The lowest BCUT2D eigenvalue weighted by Gasteiger charge is -2.42. The number of amides is 1. The van der Waals surface area contributed by atoms with Gasteiger partial charge in [-0.05, 0) is 68.7 Å². The maximum absolute atomic E-state index is 13.7. The Kier molecular flexibility index (Phi) is 5.77. The highest BCUT2D eigenvalue weighted by atomic mass is 32.2. The van der Waals surface area contributed by atoms with Gasteiger partial charge < -0.3 is 15.2 Å². The fourth-order valence-corrected chi connectivity index (χ4v) is 6.27. The summed E-state index contributed by atoms with van der Waals surface area (Å²) in [6, 6.07) is 14.5. The van der Waals surface area contributed by atoms with Gasteiger partial charge in [0.15, 0.2) is 0 Å². The standard InChI is InChI=1S/C26H27N3O5S/c1-26(2)24(30)23(28-25(31)18-8-5-13-27-16-18)20-15-19(11-12-22(20)34-26)35(32,33)29-14-6-9-17-7-3-4-10-21(17)29/h3-5,7-8,10-13,15-16,23-24,30H,6,9,14H2,1-2H3,(H,28,31)/t23-,24+/m1/s1. The van der Waals surface area contributed by atoms with Gasteiger partial charge in [-0.25, -0.2) is 8.42 Å². The van der Waals surface area contributed by atoms with Crippen molar-refractivity contribution in [3.8, 4) is 5.75 Å². The van der Waals surface area contributed by atoms with Crippen molar-refractivity contribution in [3.05, 3.63) is 83.7 Å². The summed E-state index contributed by atoms with van der Waals surface area (Å²) in [6.45, 7) is 3.82. The molecule has 2 N–H and O–H groups in total. The van der Waals surface area contributed by atoms with Crippen molar-refractivity contribution in [3.63, 3.8) is 0 Å². The highest BCUT2D eigenvalue weighted by molar-refractivity contribution is 7.92. The maximum atomic E-state index is 13.7. The van der Waals surface area contributed by atoms with Crippen molar-refractivity contribution in [1.29, 1.82) is 0 Å². The molecule has 3 heterocycles. The van der Waals surface area contributed by atoms with Crippen LogP contribution in [-0.2, 0) is 16.4 Å². The van der Waals surface area contributed by atoms with E-state index in [-0.39, 0.29) is 4.90 Å². The van der Waals surface area contributed by atoms with Gasteiger partial charge in [-0.1, -0.05) is 18.2 Å². The van der Waals surface area contributed by atoms with E-state index in [0.29, 0.717) is 29.1 Å². The summed E-state index contributed by atoms with van der Waals surface area (Å²) < 4.78 is 34.9. The molecular formula is C26H27N3O5S. The summed E-state index contributed by atoms with van der Waals surface area (Å²) in [5.74, 6) is -0.0150. The molecule has 3 aromatic rings. The smallest absolute Gasteiger partial charge is 0.264 e. The molecule has 0 saturated carbocycles. The molecule has 0 fully saturated rings. The van der Waals surface area contributed by atoms with Gasteiger partial charge >= 0.3 is 0 Å². The molecule has 2 aromatic carbocycles. The van der Waals surface area contributed by atoms with Crippen LogP contribution >= 0.6 is 0 Å². The zero-order valence-electron chi connectivity index (χ0n) is 19.5. The van der Waals surface area contributed by atoms with Gasteiger partial charge in [-0.15, -0.1) is 0 Å². The summed E-state index contributed by atoms with van der Waals surface area (Å²) in [4.78, 5) is 17.0. The lowest BCUT2D eigenvalue weighted by molar-refractivity contribution is -0.0628. The monoisotopic (exact) mass is 493 g/mol. The molecule has 0 aliphatic carbocycles. The highest BCUT2D eigenvalue weighted by Gasteiger charge is 2.44. The lowest BCUT2D eigenvalue weighted by Crippen LogP contribution is -2.53. The number of para-hydroxylation sites is 1. The number of carbonyl (C=O) groups is 1. The summed E-state index contributed by atoms with van der Waals surface area (Å²) in [7, 11) is -3.89. The number of ether oxygens (including phenoxy) is 1. The Hall–Kier alpha value is -3.43. The minimum absolute atomic E-state index is 0.0732. The molecule has 2 aliphatic rings. The van der Waals surface area contributed by atoms with Crippen LogP contribution in [0.2, 0.25) is 0 Å². The zero-order valence-corrected chi connectivity index (χ0v) is 20.3. The number of sulfonamides is 1. The number of rotatable bonds is 4. The van der Waals surface area contributed by atoms with Crippen LogP contribution in [0.1, 0.15) is 47.8 Å². The van der Waals surface area contributed by atoms with Crippen LogP contribution in [0.15, 0.2) is 71.9 Å². The first kappa shape index (κ1) is 23.3. The minimum atomic E-state index is -3.89. The topological polar surface area (TPSA) is 109 Å². The largest absolute Gasteiger partial charge is 0.485 e. The van der Waals surface area contributed by atoms with Crippen molar-refractivity contribution in [2.45, 2.75) is 49.3 Å². The van der Waals surface area contributed by atoms with E-state index in [1.54, 1.807) is 38.2 Å². The van der Waals surface area contributed by atoms with Crippen LogP contribution in [0, 0.1) is 0 Å². The van der Waals surface area contributed by atoms with Crippen molar-refractivity contribution < 1.29 is 23.1 Å². The van der Waals surface area contributed by atoms with Crippen LogP contribution in [0.3, 0.4) is 0 Å². The lowest BCUT2D eigenvalue weighted by atomic mass is 9.86. The van der Waals surface area contributed by atoms with E-state index in [4.69, 9.17) is 4.74 Å². The number of nitrogens with one attached hydrogen (secondary N) is 1. The number of carbonyl (C=O) groups excluding carboxylic acids is 1. The second-order valence-electron chi connectivity index (χ2n) is 9.35. The molecule has 5 rings (SSSR count). The molecule has 8 nitrogen and oxygen atoms in total. The van der Waals surface area contributed by atoms with E-state index in [2.05, 4.69) is 10.3 Å². The van der Waals surface area contributed by atoms with Gasteiger partial charge in [0.1, 0.15) is 17.5 Å². The summed E-state index contributed by atoms with van der Waals surface area (Å²) >= 11 is 0. The molecule has 0 spiro atoms. The number of aromatic nitrogens is 1. The second-order valence-corrected chi connectivity index (χ2v) is 11.2. The van der Waals surface area contributed by atoms with Gasteiger partial charge in [-0.3, -0.25) is 14.1 Å². The first-order valence-corrected chi connectivity index (χ1v) is 12.9. The molecule has 0 radical (unpaired) electrons. The summed E-state index contributed by atoms with van der Waals surface area (Å²) in [5, 5.41) is 13.9. The predicted molar refractivity (Wildman–Crippen MR) is 131 cm³/mol. The van der Waals surface area contributed by atoms with Crippen molar-refractivity contribution in [2.75, 3.05) is 10.8 Å². The van der Waals surface area contributed by atoms with E-state index in [1.807, 2.05) is 24.3 Å². The number of aliphatic hydroxyl groups is 1. The Morgan fingerprint density at radius 2 is 1.97 bits per heavy atom. The van der Waals surface area contributed by atoms with Crippen molar-refractivity contribution in [2.24, 2.45) is 0 Å². The number of hydrogen-bond acceptors (Lipinski definition) is 6. The number of aliphatic hydroxyl groups excluding tert-OH is 1. The summed E-state index contributed by atoms with van der Waals surface area (Å²) in [5.41, 5.74) is 1.39. The van der Waals surface area contributed by atoms with Crippen LogP contribution in [0.25, 0.3) is 0 Å². The van der Waals surface area contributed by atoms with Crippen LogP contribution in [0.4, 0.5) is 5.69 Å². The van der Waals surface area contributed by atoms with Gasteiger partial charge in [0.2, 0.25) is 0 Å². The molecule has 2 aliphatic heterocycles. The van der Waals surface area contributed by atoms with Gasteiger partial charge in [-0.2, -0.15) is 0 Å². The molecule has 0 unspecified atom stereocenters. The maximum Gasteiger partial charge on any atom is 0.264 e. The Labute approximate surface area is 204 Å². The quantitative estimate of drug-likeness (QED) is 0.578. The Morgan fingerprint density at radius 1 is 1.17 bits per heavy atom. The average molecular weight is 494 g/mol. The zero-order chi connectivity index (χ0) is 24.8. The molecule has 0 saturated heterocycles. The normalized spacial score (nSPS) is 20.8. The SMILES string of the molecule is CC1(C)Oc2ccc(S(=O)(=O)N3CCCc4ccccc43)cc2[C@@H](NC(=O)c2cccnc2)[C@@H]1O. The molecule has 2 atom stereocenters. The number of pyridine rings is 1. The van der Waals surface area contributed by atoms with Gasteiger partial charge in [0.25, 0.3) is 15.9 Å². The molecule has 1 aromatic heterocycles. The number of anilines is 1. The molecule has 35 heavy (non-hydrogen) atoms. The molecular weight excluding hydrogens is 466 g/mol. The van der Waals surface area contributed by atoms with E-state index in [9.17, 15) is 18.3 Å². The molecule has 1 amide bonds. The Balaban J connectivity index is 1.55. The van der Waals surface area contributed by atoms with Gasteiger partial charge in [0, 0.05) is 24.5 Å². The summed E-state index contributed by atoms with van der Waals surface area (Å²) in [6.07, 6.45) is 3.42. The molecule has 9 heteroatoms. The van der Waals surface area contributed by atoms with Crippen molar-refractivity contribution in [1.82, 2.24) is 10.3 Å². The van der Waals surface area contributed by atoms with Crippen LogP contribution in [-0.4, -0.2) is 42.7 Å². The first-order valence-electron chi connectivity index (χ1n) is 11.5. The van der Waals surface area contributed by atoms with E-state index >= 15 is 0 Å². The Bertz CT molecular complexity index is 1370. The number of nitrogens with zero attached hydrogens (tertiary/aromatic N) is 2. The Morgan fingerprint density at radius 3 is 2.74 bits per heavy atom. The van der Waals surface area contributed by atoms with Crippen LogP contribution < -0.4 is 14.4 Å². The van der Waals surface area contributed by atoms with E-state index < -0.39 is 33.7 Å². The van der Waals surface area contributed by atoms with Gasteiger partial charge in [0.05, 0.1) is 22.2 Å². The minimum Gasteiger partial charge on any atom is -0.485 e. The third kappa shape index (κ3) is 4.15. The third-order valence-electron chi connectivity index (χ3n) is 6.58. The van der Waals surface area contributed by atoms with Crippen molar-refractivity contribution >= 4 is 21.6 Å². The average Bonchev–Trinajstić information content (AvgIpc) is 2.86. The number of fused-ring (bicyclic) bond motifs is 2. The van der Waals surface area contributed by atoms with E-state index in [1.165, 1.54) is 22.6 Å². The fourth-order valence-electron chi connectivity index (χ4n) is 4.69. The number of hydrogen-bond donors (Lipinski definition) is 2. The van der Waals surface area contributed by atoms with Crippen LogP contribution in [0.5, 0.6) is 5.75 Å². The first-order chi connectivity index (χ1) is 16.7. The predicted octanol–water partition coefficient (Wildman–Crippen LogP) is 3.23. The number of benzene rings is 2. The molecule has 182 valence electrons. The number of aryl methyl sites for hydroxylation is 1. The molecule has 0 bridgehead atoms. The van der Waals surface area contributed by atoms with E-state index in [0.717, 1.165) is 18.4 Å². The third-order valence-corrected chi connectivity index (χ3v) is 8.39. The fraction of sp³-hybridized carbons (Fsp3) is 0.308. The second kappa shape index (κ2) is 8.66. The highest BCUT2D eigenvalue weighted by Crippen LogP contribution is 2.42.